The number of hydrogen-bond donors (Lipinski definition) is 1. The van der Waals surface area contributed by atoms with E-state index in [1.54, 1.807) is 0 Å². The van der Waals surface area contributed by atoms with Crippen LogP contribution in [0.4, 0.5) is 5.82 Å². The Morgan fingerprint density at radius 2 is 2.00 bits per heavy atom. The largest absolute Gasteiger partial charge is 0.357 e. The van der Waals surface area contributed by atoms with Gasteiger partial charge in [-0.25, -0.2) is 4.98 Å². The Morgan fingerprint density at radius 1 is 1.24 bits per heavy atom. The molecule has 0 aliphatic rings. The number of pyridine rings is 1. The van der Waals surface area contributed by atoms with E-state index in [1.165, 1.54) is 12.0 Å². The fourth-order valence-electron chi connectivity index (χ4n) is 2.26. The van der Waals surface area contributed by atoms with Crippen molar-refractivity contribution in [3.8, 4) is 0 Å². The summed E-state index contributed by atoms with van der Waals surface area (Å²) in [6, 6.07) is 4.32. The maximum atomic E-state index is 4.54. The molecule has 0 saturated carbocycles. The van der Waals surface area contributed by atoms with Gasteiger partial charge in [-0.05, 0) is 64.1 Å². The van der Waals surface area contributed by atoms with Crippen molar-refractivity contribution in [2.45, 2.75) is 33.7 Å². The monoisotopic (exact) mass is 292 g/mol. The Bertz CT molecular complexity index is 390. The molecule has 0 amide bonds. The third kappa shape index (κ3) is 7.44. The van der Waals surface area contributed by atoms with Crippen molar-refractivity contribution in [2.24, 2.45) is 5.92 Å². The molecule has 1 heterocycles. The number of hydrogen-bond acceptors (Lipinski definition) is 4. The minimum Gasteiger partial charge on any atom is -0.357 e. The average Bonchev–Trinajstić information content (AvgIpc) is 2.43. The van der Waals surface area contributed by atoms with Crippen LogP contribution in [-0.4, -0.2) is 50.2 Å². The zero-order valence-electron chi connectivity index (χ0n) is 14.4. The first-order valence-electron chi connectivity index (χ1n) is 8.08. The molecule has 120 valence electrons. The number of anilines is 1. The zero-order valence-corrected chi connectivity index (χ0v) is 14.4. The summed E-state index contributed by atoms with van der Waals surface area (Å²) in [5.74, 6) is 1.78. The summed E-state index contributed by atoms with van der Waals surface area (Å²) in [6.07, 6.45) is 3.09. The van der Waals surface area contributed by atoms with E-state index in [0.717, 1.165) is 38.5 Å². The van der Waals surface area contributed by atoms with Crippen LogP contribution in [0.1, 0.15) is 32.8 Å². The van der Waals surface area contributed by atoms with Gasteiger partial charge in [0.15, 0.2) is 0 Å². The molecule has 0 fully saturated rings. The molecule has 0 saturated heterocycles. The Hall–Kier alpha value is -1.13. The van der Waals surface area contributed by atoms with Gasteiger partial charge in [-0.15, -0.1) is 0 Å². The average molecular weight is 292 g/mol. The van der Waals surface area contributed by atoms with Gasteiger partial charge in [0, 0.05) is 25.8 Å². The van der Waals surface area contributed by atoms with Gasteiger partial charge >= 0.3 is 0 Å². The van der Waals surface area contributed by atoms with Crippen molar-refractivity contribution in [1.29, 1.82) is 0 Å². The highest BCUT2D eigenvalue weighted by molar-refractivity contribution is 5.40. The number of nitrogens with zero attached hydrogens (tertiary/aromatic N) is 3. The number of nitrogens with one attached hydrogen (secondary N) is 1. The Morgan fingerprint density at radius 3 is 2.62 bits per heavy atom. The van der Waals surface area contributed by atoms with E-state index in [9.17, 15) is 0 Å². The summed E-state index contributed by atoms with van der Waals surface area (Å²) in [7, 11) is 4.24. The molecule has 0 radical (unpaired) electrons. The summed E-state index contributed by atoms with van der Waals surface area (Å²) in [6.45, 7) is 11.8. The quantitative estimate of drug-likeness (QED) is 0.718. The molecule has 0 unspecified atom stereocenters. The minimum atomic E-state index is 0.685. The van der Waals surface area contributed by atoms with Crippen LogP contribution in [0.25, 0.3) is 0 Å². The van der Waals surface area contributed by atoms with Gasteiger partial charge in [0.1, 0.15) is 5.82 Å². The molecule has 0 aliphatic carbocycles. The van der Waals surface area contributed by atoms with Crippen molar-refractivity contribution in [2.75, 3.05) is 45.2 Å². The van der Waals surface area contributed by atoms with Crippen LogP contribution < -0.4 is 10.2 Å². The van der Waals surface area contributed by atoms with Crippen LogP contribution in [-0.2, 0) is 6.54 Å². The van der Waals surface area contributed by atoms with Gasteiger partial charge in [-0.3, -0.25) is 0 Å². The molecule has 0 atom stereocenters. The fraction of sp³-hybridized carbons (Fsp3) is 0.706. The van der Waals surface area contributed by atoms with Gasteiger partial charge in [0.2, 0.25) is 0 Å². The highest BCUT2D eigenvalue weighted by atomic mass is 15.2. The van der Waals surface area contributed by atoms with Crippen LogP contribution in [0, 0.1) is 5.92 Å². The summed E-state index contributed by atoms with van der Waals surface area (Å²) >= 11 is 0. The molecule has 1 N–H and O–H groups in total. The van der Waals surface area contributed by atoms with Gasteiger partial charge in [0.05, 0.1) is 0 Å². The van der Waals surface area contributed by atoms with Crippen molar-refractivity contribution >= 4 is 5.82 Å². The van der Waals surface area contributed by atoms with Crippen molar-refractivity contribution in [1.82, 2.24) is 15.2 Å². The topological polar surface area (TPSA) is 31.4 Å². The van der Waals surface area contributed by atoms with Crippen LogP contribution in [0.15, 0.2) is 18.3 Å². The predicted molar refractivity (Wildman–Crippen MR) is 91.8 cm³/mol. The molecule has 4 heteroatoms. The molecule has 0 spiro atoms. The first kappa shape index (κ1) is 17.9. The highest BCUT2D eigenvalue weighted by Gasteiger charge is 2.06. The normalized spacial score (nSPS) is 11.4. The van der Waals surface area contributed by atoms with Crippen molar-refractivity contribution in [3.63, 3.8) is 0 Å². The fourth-order valence-corrected chi connectivity index (χ4v) is 2.26. The molecule has 1 aromatic rings. The Balaban J connectivity index is 2.55. The van der Waals surface area contributed by atoms with E-state index in [-0.39, 0.29) is 0 Å². The zero-order chi connectivity index (χ0) is 15.7. The summed E-state index contributed by atoms with van der Waals surface area (Å²) in [5, 5.41) is 3.49. The standard InChI is InChI=1S/C17H32N4/c1-6-21(11-7-10-20(4)5)17-12-16(8-9-19-17)14-18-13-15(2)3/h8-9,12,15,18H,6-7,10-11,13-14H2,1-5H3. The summed E-state index contributed by atoms with van der Waals surface area (Å²) in [4.78, 5) is 9.12. The van der Waals surface area contributed by atoms with E-state index < -0.39 is 0 Å². The Labute approximate surface area is 130 Å². The van der Waals surface area contributed by atoms with E-state index in [4.69, 9.17) is 0 Å². The first-order chi connectivity index (χ1) is 10.0. The molecule has 21 heavy (non-hydrogen) atoms. The van der Waals surface area contributed by atoms with Gasteiger partial charge < -0.3 is 15.1 Å². The third-order valence-corrected chi connectivity index (χ3v) is 3.43. The van der Waals surface area contributed by atoms with Gasteiger partial charge in [-0.1, -0.05) is 13.8 Å². The van der Waals surface area contributed by atoms with Gasteiger partial charge in [0.25, 0.3) is 0 Å². The van der Waals surface area contributed by atoms with E-state index in [2.05, 4.69) is 67.1 Å². The van der Waals surface area contributed by atoms with Gasteiger partial charge in [-0.2, -0.15) is 0 Å². The third-order valence-electron chi connectivity index (χ3n) is 3.43. The Kier molecular flexibility index (Phi) is 8.31. The highest BCUT2D eigenvalue weighted by Crippen LogP contribution is 2.13. The minimum absolute atomic E-state index is 0.685. The molecular formula is C17H32N4. The molecular weight excluding hydrogens is 260 g/mol. The second-order valence-electron chi connectivity index (χ2n) is 6.28. The maximum absolute atomic E-state index is 4.54. The number of rotatable bonds is 10. The predicted octanol–water partition coefficient (Wildman–Crippen LogP) is 2.61. The van der Waals surface area contributed by atoms with Crippen LogP contribution in [0.2, 0.25) is 0 Å². The van der Waals surface area contributed by atoms with E-state index in [1.807, 2.05) is 6.20 Å². The summed E-state index contributed by atoms with van der Waals surface area (Å²) in [5.41, 5.74) is 1.31. The second-order valence-corrected chi connectivity index (χ2v) is 6.28. The SMILES string of the molecule is CCN(CCCN(C)C)c1cc(CNCC(C)C)ccn1. The molecule has 0 aliphatic heterocycles. The van der Waals surface area contributed by atoms with Crippen molar-refractivity contribution < 1.29 is 0 Å². The maximum Gasteiger partial charge on any atom is 0.128 e. The lowest BCUT2D eigenvalue weighted by atomic mass is 10.2. The molecule has 4 nitrogen and oxygen atoms in total. The number of aromatic nitrogens is 1. The van der Waals surface area contributed by atoms with Crippen LogP contribution >= 0.6 is 0 Å². The molecule has 0 aromatic carbocycles. The van der Waals surface area contributed by atoms with Crippen LogP contribution in [0.5, 0.6) is 0 Å². The van der Waals surface area contributed by atoms with Crippen LogP contribution in [0.3, 0.4) is 0 Å². The lowest BCUT2D eigenvalue weighted by molar-refractivity contribution is 0.400. The molecule has 1 rings (SSSR count). The van der Waals surface area contributed by atoms with E-state index in [0.29, 0.717) is 5.92 Å². The van der Waals surface area contributed by atoms with Crippen molar-refractivity contribution in [3.05, 3.63) is 23.9 Å². The lowest BCUT2D eigenvalue weighted by Crippen LogP contribution is -2.28. The first-order valence-corrected chi connectivity index (χ1v) is 8.08. The molecule has 0 bridgehead atoms. The molecule has 1 aromatic heterocycles. The summed E-state index contributed by atoms with van der Waals surface area (Å²) < 4.78 is 0. The smallest absolute Gasteiger partial charge is 0.128 e. The lowest BCUT2D eigenvalue weighted by Gasteiger charge is -2.23. The van der Waals surface area contributed by atoms with E-state index >= 15 is 0 Å². The second kappa shape index (κ2) is 9.74.